The van der Waals surface area contributed by atoms with Gasteiger partial charge in [-0.2, -0.15) is 0 Å². The van der Waals surface area contributed by atoms with Gasteiger partial charge in [0.15, 0.2) is 0 Å². The van der Waals surface area contributed by atoms with E-state index in [1.807, 2.05) is 37.4 Å². The van der Waals surface area contributed by atoms with Crippen molar-refractivity contribution in [2.75, 3.05) is 0 Å². The zero-order valence-corrected chi connectivity index (χ0v) is 16.1. The minimum absolute atomic E-state index is 0.252. The van der Waals surface area contributed by atoms with Gasteiger partial charge in [-0.15, -0.1) is 21.5 Å². The fraction of sp³-hybridized carbons (Fsp3) is 0.100. The van der Waals surface area contributed by atoms with Gasteiger partial charge in [-0.05, 0) is 55.0 Å². The van der Waals surface area contributed by atoms with E-state index in [-0.39, 0.29) is 5.82 Å². The van der Waals surface area contributed by atoms with Crippen molar-refractivity contribution < 1.29 is 4.39 Å². The van der Waals surface area contributed by atoms with Crippen LogP contribution in [0.1, 0.15) is 11.3 Å². The van der Waals surface area contributed by atoms with Crippen molar-refractivity contribution in [2.24, 2.45) is 0 Å². The summed E-state index contributed by atoms with van der Waals surface area (Å²) >= 11 is 3.16. The lowest BCUT2D eigenvalue weighted by molar-refractivity contribution is 0.628. The Kier molecular flexibility index (Phi) is 5.22. The third kappa shape index (κ3) is 4.20. The van der Waals surface area contributed by atoms with Gasteiger partial charge in [0.25, 0.3) is 0 Å². The van der Waals surface area contributed by atoms with Crippen LogP contribution in [0.25, 0.3) is 21.1 Å². The van der Waals surface area contributed by atoms with E-state index >= 15 is 0 Å². The predicted octanol–water partition coefficient (Wildman–Crippen LogP) is 5.40. The molecule has 3 heterocycles. The molecule has 3 aromatic heterocycles. The molecule has 4 nitrogen and oxygen atoms in total. The van der Waals surface area contributed by atoms with E-state index < -0.39 is 0 Å². The molecule has 0 N–H and O–H groups in total. The number of aryl methyl sites for hydroxylation is 1. The van der Waals surface area contributed by atoms with E-state index in [2.05, 4.69) is 20.2 Å². The van der Waals surface area contributed by atoms with Crippen molar-refractivity contribution in [1.29, 1.82) is 0 Å². The molecule has 0 aliphatic carbocycles. The second-order valence-corrected chi connectivity index (χ2v) is 7.84. The first-order chi connectivity index (χ1) is 13.2. The molecule has 0 radical (unpaired) electrons. The molecule has 0 bridgehead atoms. The molecular formula is C20H15FN4S2. The molecule has 4 rings (SSSR count). The highest BCUT2D eigenvalue weighted by molar-refractivity contribution is 7.98. The molecule has 0 aliphatic rings. The highest BCUT2D eigenvalue weighted by Gasteiger charge is 2.13. The average molecular weight is 395 g/mol. The summed E-state index contributed by atoms with van der Waals surface area (Å²) in [6.45, 7) is 1.95. The summed E-state index contributed by atoms with van der Waals surface area (Å²) in [5, 5.41) is 10.4. The summed E-state index contributed by atoms with van der Waals surface area (Å²) in [5.74, 6) is 0.549. The molecule has 0 fully saturated rings. The predicted molar refractivity (Wildman–Crippen MR) is 107 cm³/mol. The van der Waals surface area contributed by atoms with Crippen molar-refractivity contribution in [3.05, 3.63) is 78.0 Å². The minimum Gasteiger partial charge on any atom is -0.264 e. The Morgan fingerprint density at radius 3 is 2.59 bits per heavy atom. The van der Waals surface area contributed by atoms with Gasteiger partial charge in [0, 0.05) is 23.7 Å². The molecule has 0 unspecified atom stereocenters. The summed E-state index contributed by atoms with van der Waals surface area (Å²) in [7, 11) is 0. The Hall–Kier alpha value is -2.64. The Labute approximate surface area is 164 Å². The van der Waals surface area contributed by atoms with Crippen LogP contribution in [0.4, 0.5) is 4.39 Å². The zero-order chi connectivity index (χ0) is 18.6. The summed E-state index contributed by atoms with van der Waals surface area (Å²) < 4.78 is 13.1. The van der Waals surface area contributed by atoms with Crippen LogP contribution in [0.5, 0.6) is 0 Å². The third-order valence-electron chi connectivity index (χ3n) is 3.87. The Balaban J connectivity index is 1.51. The molecule has 0 saturated heterocycles. The maximum atomic E-state index is 13.1. The quantitative estimate of drug-likeness (QED) is 0.424. The Morgan fingerprint density at radius 1 is 1.04 bits per heavy atom. The van der Waals surface area contributed by atoms with Gasteiger partial charge in [-0.25, -0.2) is 9.37 Å². The number of hydrogen-bond acceptors (Lipinski definition) is 6. The van der Waals surface area contributed by atoms with Gasteiger partial charge in [0.05, 0.1) is 10.6 Å². The molecule has 0 aliphatic heterocycles. The van der Waals surface area contributed by atoms with Gasteiger partial charge in [0.2, 0.25) is 0 Å². The summed E-state index contributed by atoms with van der Waals surface area (Å²) in [4.78, 5) is 9.70. The molecule has 1 aromatic carbocycles. The third-order valence-corrected chi connectivity index (χ3v) is 6.09. The Morgan fingerprint density at radius 2 is 1.89 bits per heavy atom. The normalized spacial score (nSPS) is 10.9. The molecule has 0 amide bonds. The second kappa shape index (κ2) is 7.94. The number of pyridine rings is 1. The smallest absolute Gasteiger partial charge is 0.124 e. The standard InChI is InChI=1S/C20H15FN4S2/c1-13-19(27-20(23-13)15-4-6-16(21)7-5-15)17-8-9-18(25-24-17)26-12-14-3-2-10-22-11-14/h2-11H,12H2,1H3. The topological polar surface area (TPSA) is 51.6 Å². The van der Waals surface area contributed by atoms with E-state index in [1.165, 1.54) is 23.5 Å². The first-order valence-corrected chi connectivity index (χ1v) is 10.1. The maximum Gasteiger partial charge on any atom is 0.124 e. The van der Waals surface area contributed by atoms with E-state index in [0.717, 1.165) is 43.2 Å². The van der Waals surface area contributed by atoms with Crippen molar-refractivity contribution in [2.45, 2.75) is 17.7 Å². The highest BCUT2D eigenvalue weighted by Crippen LogP contribution is 2.34. The van der Waals surface area contributed by atoms with Crippen molar-refractivity contribution in [1.82, 2.24) is 20.2 Å². The zero-order valence-electron chi connectivity index (χ0n) is 14.5. The number of rotatable bonds is 5. The van der Waals surface area contributed by atoms with Crippen LogP contribution >= 0.6 is 23.1 Å². The highest BCUT2D eigenvalue weighted by atomic mass is 32.2. The van der Waals surface area contributed by atoms with Crippen LogP contribution in [0.3, 0.4) is 0 Å². The van der Waals surface area contributed by atoms with Gasteiger partial charge in [0.1, 0.15) is 21.5 Å². The van der Waals surface area contributed by atoms with E-state index in [1.54, 1.807) is 30.1 Å². The monoisotopic (exact) mass is 394 g/mol. The lowest BCUT2D eigenvalue weighted by atomic mass is 10.2. The first-order valence-electron chi connectivity index (χ1n) is 8.28. The first kappa shape index (κ1) is 17.8. The SMILES string of the molecule is Cc1nc(-c2ccc(F)cc2)sc1-c1ccc(SCc2cccnc2)nn1. The molecular weight excluding hydrogens is 379 g/mol. The molecule has 0 atom stereocenters. The summed E-state index contributed by atoms with van der Waals surface area (Å²) in [5.41, 5.74) is 3.73. The second-order valence-electron chi connectivity index (χ2n) is 5.85. The fourth-order valence-electron chi connectivity index (χ4n) is 2.51. The van der Waals surface area contributed by atoms with Crippen molar-refractivity contribution >= 4 is 23.1 Å². The molecule has 134 valence electrons. The van der Waals surface area contributed by atoms with Gasteiger partial charge in [-0.1, -0.05) is 17.8 Å². The Bertz CT molecular complexity index is 1030. The van der Waals surface area contributed by atoms with Crippen LogP contribution in [-0.4, -0.2) is 20.2 Å². The van der Waals surface area contributed by atoms with Crippen molar-refractivity contribution in [3.63, 3.8) is 0 Å². The lowest BCUT2D eigenvalue weighted by Gasteiger charge is -2.01. The van der Waals surface area contributed by atoms with E-state index in [0.29, 0.717) is 0 Å². The summed E-state index contributed by atoms with van der Waals surface area (Å²) in [6.07, 6.45) is 3.62. The number of halogens is 1. The average Bonchev–Trinajstić information content (AvgIpc) is 3.10. The maximum absolute atomic E-state index is 13.1. The summed E-state index contributed by atoms with van der Waals surface area (Å²) in [6, 6.07) is 14.3. The van der Waals surface area contributed by atoms with Crippen LogP contribution in [0.15, 0.2) is 66.0 Å². The minimum atomic E-state index is -0.252. The van der Waals surface area contributed by atoms with Crippen molar-refractivity contribution in [3.8, 4) is 21.1 Å². The van der Waals surface area contributed by atoms with E-state index in [9.17, 15) is 4.39 Å². The molecule has 27 heavy (non-hydrogen) atoms. The molecule has 4 aromatic rings. The van der Waals surface area contributed by atoms with Gasteiger partial charge >= 0.3 is 0 Å². The van der Waals surface area contributed by atoms with Crippen LogP contribution in [0, 0.1) is 12.7 Å². The van der Waals surface area contributed by atoms with Crippen LogP contribution in [-0.2, 0) is 5.75 Å². The van der Waals surface area contributed by atoms with Crippen LogP contribution in [0.2, 0.25) is 0 Å². The largest absolute Gasteiger partial charge is 0.264 e. The molecule has 7 heteroatoms. The molecule has 0 spiro atoms. The number of aromatic nitrogens is 4. The number of hydrogen-bond donors (Lipinski definition) is 0. The van der Waals surface area contributed by atoms with E-state index in [4.69, 9.17) is 0 Å². The molecule has 0 saturated carbocycles. The van der Waals surface area contributed by atoms with Crippen LogP contribution < -0.4 is 0 Å². The van der Waals surface area contributed by atoms with Gasteiger partial charge in [-0.3, -0.25) is 4.98 Å². The van der Waals surface area contributed by atoms with Gasteiger partial charge < -0.3 is 0 Å². The fourth-order valence-corrected chi connectivity index (χ4v) is 4.29. The number of thioether (sulfide) groups is 1. The number of thiazole rings is 1. The number of benzene rings is 1. The lowest BCUT2D eigenvalue weighted by Crippen LogP contribution is -1.90. The number of nitrogens with zero attached hydrogens (tertiary/aromatic N) is 4.